The van der Waals surface area contributed by atoms with E-state index in [1.165, 1.54) is 6.20 Å². The van der Waals surface area contributed by atoms with Crippen LogP contribution in [0.2, 0.25) is 0 Å². The number of rotatable bonds is 3. The minimum atomic E-state index is -1.20. The average molecular weight is 393 g/mol. The van der Waals surface area contributed by atoms with Crippen LogP contribution in [0.25, 0.3) is 5.52 Å². The van der Waals surface area contributed by atoms with Gasteiger partial charge in [0.2, 0.25) is 0 Å². The van der Waals surface area contributed by atoms with E-state index in [-0.39, 0.29) is 25.0 Å². The number of carbonyl (C=O) groups is 2. The predicted octanol–water partition coefficient (Wildman–Crippen LogP) is 2.05. The molecule has 3 aromatic rings. The van der Waals surface area contributed by atoms with Crippen molar-refractivity contribution in [3.8, 4) is 11.5 Å². The molecule has 2 atom stereocenters. The Hall–Kier alpha value is -3.55. The number of aliphatic carboxylic acids is 1. The molecular formula is C21H19N3O5. The molecule has 0 unspecified atom stereocenters. The smallest absolute Gasteiger partial charge is 0.315 e. The summed E-state index contributed by atoms with van der Waals surface area (Å²) >= 11 is 0. The van der Waals surface area contributed by atoms with Gasteiger partial charge in [-0.15, -0.1) is 0 Å². The zero-order valence-corrected chi connectivity index (χ0v) is 15.7. The van der Waals surface area contributed by atoms with E-state index in [9.17, 15) is 14.7 Å². The minimum absolute atomic E-state index is 0.0150. The fourth-order valence-electron chi connectivity index (χ4n) is 4.48. The third-order valence-electron chi connectivity index (χ3n) is 5.99. The lowest BCUT2D eigenvalue weighted by atomic mass is 9.73. The van der Waals surface area contributed by atoms with Crippen LogP contribution in [0.1, 0.15) is 21.8 Å². The second-order valence-electron chi connectivity index (χ2n) is 7.46. The molecule has 0 spiro atoms. The van der Waals surface area contributed by atoms with Crippen LogP contribution in [0.3, 0.4) is 0 Å². The summed E-state index contributed by atoms with van der Waals surface area (Å²) in [5.41, 5.74) is 0.706. The fraction of sp³-hybridized carbons (Fsp3) is 0.286. The summed E-state index contributed by atoms with van der Waals surface area (Å²) in [5.74, 6) is -0.461. The Morgan fingerprint density at radius 3 is 2.93 bits per heavy atom. The van der Waals surface area contributed by atoms with Crippen LogP contribution in [0.15, 0.2) is 48.8 Å². The van der Waals surface area contributed by atoms with Crippen molar-refractivity contribution in [2.75, 3.05) is 26.8 Å². The van der Waals surface area contributed by atoms with Gasteiger partial charge >= 0.3 is 5.97 Å². The number of hydrogen-bond donors (Lipinski definition) is 1. The second-order valence-corrected chi connectivity index (χ2v) is 7.46. The first kappa shape index (κ1) is 17.5. The van der Waals surface area contributed by atoms with Crippen LogP contribution in [-0.2, 0) is 4.79 Å². The van der Waals surface area contributed by atoms with Crippen molar-refractivity contribution in [2.24, 2.45) is 5.41 Å². The molecule has 0 radical (unpaired) electrons. The maximum absolute atomic E-state index is 13.3. The molecule has 5 rings (SSSR count). The number of benzene rings is 1. The molecule has 4 heterocycles. The second kappa shape index (κ2) is 6.23. The number of likely N-dealkylation sites (tertiary alicyclic amines) is 1. The molecular weight excluding hydrogens is 374 g/mol. The molecule has 0 saturated carbocycles. The number of fused-ring (bicyclic) bond motifs is 4. The van der Waals surface area contributed by atoms with E-state index >= 15 is 0 Å². The summed E-state index contributed by atoms with van der Waals surface area (Å²) in [4.78, 5) is 27.2. The lowest BCUT2D eigenvalue weighted by molar-refractivity contribution is -0.151. The van der Waals surface area contributed by atoms with Gasteiger partial charge in [-0.05, 0) is 18.2 Å². The minimum Gasteiger partial charge on any atom is -0.493 e. The molecule has 148 valence electrons. The van der Waals surface area contributed by atoms with Crippen molar-refractivity contribution < 1.29 is 24.2 Å². The van der Waals surface area contributed by atoms with Gasteiger partial charge in [0.25, 0.3) is 5.91 Å². The van der Waals surface area contributed by atoms with Crippen molar-refractivity contribution in [2.45, 2.75) is 5.92 Å². The molecule has 2 aliphatic rings. The molecule has 8 heteroatoms. The van der Waals surface area contributed by atoms with E-state index in [2.05, 4.69) is 5.10 Å². The number of hydrogen-bond acceptors (Lipinski definition) is 5. The predicted molar refractivity (Wildman–Crippen MR) is 102 cm³/mol. The number of carbonyl (C=O) groups excluding carboxylic acids is 1. The molecule has 0 bridgehead atoms. The molecule has 1 N–H and O–H groups in total. The van der Waals surface area contributed by atoms with Gasteiger partial charge in [-0.3, -0.25) is 9.59 Å². The molecule has 2 aliphatic heterocycles. The van der Waals surface area contributed by atoms with Crippen molar-refractivity contribution in [3.63, 3.8) is 0 Å². The van der Waals surface area contributed by atoms with Crippen LogP contribution in [-0.4, -0.2) is 58.3 Å². The van der Waals surface area contributed by atoms with Gasteiger partial charge in [-0.1, -0.05) is 18.2 Å². The summed E-state index contributed by atoms with van der Waals surface area (Å²) in [7, 11) is 1.55. The van der Waals surface area contributed by atoms with E-state index in [0.717, 1.165) is 5.56 Å². The number of amides is 1. The highest BCUT2D eigenvalue weighted by Crippen LogP contribution is 2.52. The summed E-state index contributed by atoms with van der Waals surface area (Å²) in [6, 6.07) is 10.9. The van der Waals surface area contributed by atoms with Gasteiger partial charge in [0, 0.05) is 30.8 Å². The molecule has 1 aromatic carbocycles. The molecule has 29 heavy (non-hydrogen) atoms. The molecule has 1 saturated heterocycles. The third kappa shape index (κ3) is 2.41. The highest BCUT2D eigenvalue weighted by molar-refractivity contribution is 6.01. The molecule has 0 aliphatic carbocycles. The van der Waals surface area contributed by atoms with Crippen LogP contribution in [0.4, 0.5) is 0 Å². The van der Waals surface area contributed by atoms with E-state index in [0.29, 0.717) is 29.1 Å². The number of ether oxygens (including phenoxy) is 2. The van der Waals surface area contributed by atoms with Gasteiger partial charge in [0.15, 0.2) is 11.5 Å². The molecule has 8 nitrogen and oxygen atoms in total. The summed E-state index contributed by atoms with van der Waals surface area (Å²) in [5, 5.41) is 14.3. The highest BCUT2D eigenvalue weighted by Gasteiger charge is 2.58. The maximum Gasteiger partial charge on any atom is 0.315 e. The topological polar surface area (TPSA) is 93.4 Å². The normalized spacial score (nSPS) is 22.7. The van der Waals surface area contributed by atoms with E-state index < -0.39 is 11.4 Å². The number of methoxy groups -OCH3 is 1. The first-order valence-electron chi connectivity index (χ1n) is 9.30. The van der Waals surface area contributed by atoms with Crippen molar-refractivity contribution in [1.29, 1.82) is 0 Å². The van der Waals surface area contributed by atoms with Crippen LogP contribution >= 0.6 is 0 Å². The van der Waals surface area contributed by atoms with Crippen LogP contribution < -0.4 is 9.47 Å². The SMILES string of the molecule is COc1cccc2c1OC[C@]1(C(=O)O)CN(C(=O)c3cnn4ccccc34)C[C@H]21. The number of nitrogens with zero attached hydrogens (tertiary/aromatic N) is 3. The number of carboxylic acids is 1. The third-order valence-corrected chi connectivity index (χ3v) is 5.99. The van der Waals surface area contributed by atoms with Crippen LogP contribution in [0.5, 0.6) is 11.5 Å². The first-order chi connectivity index (χ1) is 14.0. The fourth-order valence-corrected chi connectivity index (χ4v) is 4.48. The molecule has 1 fully saturated rings. The Morgan fingerprint density at radius 1 is 1.28 bits per heavy atom. The zero-order valence-electron chi connectivity index (χ0n) is 15.7. The van der Waals surface area contributed by atoms with E-state index in [1.807, 2.05) is 30.3 Å². The summed E-state index contributed by atoms with van der Waals surface area (Å²) in [6.07, 6.45) is 3.30. The van der Waals surface area contributed by atoms with Gasteiger partial charge in [0.05, 0.1) is 24.4 Å². The first-order valence-corrected chi connectivity index (χ1v) is 9.30. The number of para-hydroxylation sites is 1. The largest absolute Gasteiger partial charge is 0.493 e. The highest BCUT2D eigenvalue weighted by atomic mass is 16.5. The van der Waals surface area contributed by atoms with Crippen molar-refractivity contribution in [3.05, 3.63) is 59.9 Å². The number of pyridine rings is 1. The maximum atomic E-state index is 13.3. The zero-order chi connectivity index (χ0) is 20.2. The van der Waals surface area contributed by atoms with Crippen LogP contribution in [0, 0.1) is 5.41 Å². The van der Waals surface area contributed by atoms with Crippen molar-refractivity contribution in [1.82, 2.24) is 14.5 Å². The average Bonchev–Trinajstić information content (AvgIpc) is 3.35. The Kier molecular flexibility index (Phi) is 3.77. The summed E-state index contributed by atoms with van der Waals surface area (Å²) < 4.78 is 12.9. The van der Waals surface area contributed by atoms with Gasteiger partial charge < -0.3 is 19.5 Å². The Labute approximate surface area is 166 Å². The van der Waals surface area contributed by atoms with Gasteiger partial charge in [-0.2, -0.15) is 5.10 Å². The van der Waals surface area contributed by atoms with Crippen molar-refractivity contribution >= 4 is 17.4 Å². The monoisotopic (exact) mass is 393 g/mol. The van der Waals surface area contributed by atoms with Gasteiger partial charge in [-0.25, -0.2) is 4.52 Å². The van der Waals surface area contributed by atoms with Gasteiger partial charge in [0.1, 0.15) is 12.0 Å². The lowest BCUT2D eigenvalue weighted by Gasteiger charge is -2.36. The van der Waals surface area contributed by atoms with E-state index in [1.54, 1.807) is 28.8 Å². The lowest BCUT2D eigenvalue weighted by Crippen LogP contribution is -2.46. The summed E-state index contributed by atoms with van der Waals surface area (Å²) in [6.45, 7) is 0.352. The molecule has 1 amide bonds. The number of carboxylic acid groups (broad SMARTS) is 1. The quantitative estimate of drug-likeness (QED) is 0.732. The standard InChI is InChI=1S/C21H19N3O5/c1-28-17-7-4-5-13-15-10-23(11-21(15,20(26)27)12-29-18(13)17)19(25)14-9-22-24-8-3-2-6-16(14)24/h2-9,15H,10-12H2,1H3,(H,26,27)/t15-,21-/m1/s1. The number of aromatic nitrogens is 2. The Morgan fingerprint density at radius 2 is 2.14 bits per heavy atom. The Balaban J connectivity index is 1.55. The van der Waals surface area contributed by atoms with E-state index in [4.69, 9.17) is 9.47 Å². The Bertz CT molecular complexity index is 1140. The molecule has 2 aromatic heterocycles.